The highest BCUT2D eigenvalue weighted by Gasteiger charge is 2.49. The van der Waals surface area contributed by atoms with E-state index in [2.05, 4.69) is 4.98 Å². The van der Waals surface area contributed by atoms with Gasteiger partial charge < -0.3 is 10.0 Å². The summed E-state index contributed by atoms with van der Waals surface area (Å²) in [4.78, 5) is 27.9. The Morgan fingerprint density at radius 1 is 1.50 bits per heavy atom. The number of carbonyl (C=O) groups excluding carboxylic acids is 1. The maximum absolute atomic E-state index is 11.9. The number of aromatic nitrogens is 1. The van der Waals surface area contributed by atoms with Crippen molar-refractivity contribution in [2.24, 2.45) is 11.8 Å². The van der Waals surface area contributed by atoms with E-state index in [-0.39, 0.29) is 11.8 Å². The van der Waals surface area contributed by atoms with E-state index in [1.807, 2.05) is 0 Å². The molecule has 2 atom stereocenters. The summed E-state index contributed by atoms with van der Waals surface area (Å²) in [7, 11) is 1.64. The molecule has 0 saturated heterocycles. The zero-order valence-electron chi connectivity index (χ0n) is 8.83. The van der Waals surface area contributed by atoms with Crippen molar-refractivity contribution in [1.29, 1.82) is 0 Å². The number of anilines is 1. The Bertz CT molecular complexity index is 418. The largest absolute Gasteiger partial charge is 0.481 e. The molecule has 1 aliphatic rings. The summed E-state index contributed by atoms with van der Waals surface area (Å²) < 4.78 is 0. The summed E-state index contributed by atoms with van der Waals surface area (Å²) in [5.74, 6) is -1.92. The third-order valence-electron chi connectivity index (χ3n) is 2.79. The minimum atomic E-state index is -0.891. The fourth-order valence-electron chi connectivity index (χ4n) is 1.67. The first-order chi connectivity index (χ1) is 7.61. The van der Waals surface area contributed by atoms with Crippen molar-refractivity contribution in [2.45, 2.75) is 6.42 Å². The normalized spacial score (nSPS) is 22.6. The molecule has 2 rings (SSSR count). The number of amides is 1. The SMILES string of the molecule is CN(C(=O)[C@@H]1C[C@H]1C(=O)O)c1cccnc1. The summed E-state index contributed by atoms with van der Waals surface area (Å²) >= 11 is 0. The van der Waals surface area contributed by atoms with Gasteiger partial charge in [-0.25, -0.2) is 0 Å². The van der Waals surface area contributed by atoms with Crippen LogP contribution >= 0.6 is 0 Å². The van der Waals surface area contributed by atoms with Gasteiger partial charge in [-0.2, -0.15) is 0 Å². The quantitative estimate of drug-likeness (QED) is 0.816. The van der Waals surface area contributed by atoms with Gasteiger partial charge in [-0.3, -0.25) is 14.6 Å². The maximum Gasteiger partial charge on any atom is 0.307 e. The lowest BCUT2D eigenvalue weighted by molar-refractivity contribution is -0.139. The van der Waals surface area contributed by atoms with E-state index in [0.717, 1.165) is 0 Å². The second kappa shape index (κ2) is 3.92. The van der Waals surface area contributed by atoms with E-state index in [4.69, 9.17) is 5.11 Å². The van der Waals surface area contributed by atoms with Crippen molar-refractivity contribution in [3.05, 3.63) is 24.5 Å². The predicted octanol–water partition coefficient (Wildman–Crippen LogP) is 0.765. The Kier molecular flexibility index (Phi) is 2.60. The molecule has 0 radical (unpaired) electrons. The third kappa shape index (κ3) is 1.88. The molecule has 1 aromatic heterocycles. The van der Waals surface area contributed by atoms with Crippen LogP contribution in [-0.4, -0.2) is 29.0 Å². The van der Waals surface area contributed by atoms with Gasteiger partial charge in [0, 0.05) is 13.2 Å². The highest BCUT2D eigenvalue weighted by molar-refractivity contribution is 5.99. The van der Waals surface area contributed by atoms with Crippen molar-refractivity contribution < 1.29 is 14.7 Å². The van der Waals surface area contributed by atoms with Crippen LogP contribution in [0.2, 0.25) is 0 Å². The molecule has 0 aliphatic heterocycles. The van der Waals surface area contributed by atoms with E-state index in [1.165, 1.54) is 4.90 Å². The fourth-order valence-corrected chi connectivity index (χ4v) is 1.67. The maximum atomic E-state index is 11.9. The first kappa shape index (κ1) is 10.6. The summed E-state index contributed by atoms with van der Waals surface area (Å²) in [6.07, 6.45) is 3.65. The zero-order chi connectivity index (χ0) is 11.7. The Balaban J connectivity index is 2.04. The molecule has 1 aliphatic carbocycles. The smallest absolute Gasteiger partial charge is 0.307 e. The van der Waals surface area contributed by atoms with Gasteiger partial charge in [-0.05, 0) is 18.6 Å². The summed E-state index contributed by atoms with van der Waals surface area (Å²) in [6, 6.07) is 3.50. The monoisotopic (exact) mass is 220 g/mol. The number of hydrogen-bond acceptors (Lipinski definition) is 3. The van der Waals surface area contributed by atoms with Gasteiger partial charge in [0.1, 0.15) is 0 Å². The molecule has 0 aromatic carbocycles. The first-order valence-corrected chi connectivity index (χ1v) is 5.01. The van der Waals surface area contributed by atoms with Crippen LogP contribution in [0.5, 0.6) is 0 Å². The molecule has 1 amide bonds. The minimum Gasteiger partial charge on any atom is -0.481 e. The van der Waals surface area contributed by atoms with Crippen LogP contribution in [0.25, 0.3) is 0 Å². The topological polar surface area (TPSA) is 70.5 Å². The molecule has 16 heavy (non-hydrogen) atoms. The van der Waals surface area contributed by atoms with Crippen LogP contribution in [-0.2, 0) is 9.59 Å². The van der Waals surface area contributed by atoms with E-state index < -0.39 is 11.9 Å². The lowest BCUT2D eigenvalue weighted by Gasteiger charge is -2.16. The summed E-state index contributed by atoms with van der Waals surface area (Å²) in [5, 5.41) is 8.74. The van der Waals surface area contributed by atoms with Crippen molar-refractivity contribution in [3.8, 4) is 0 Å². The molecule has 0 unspecified atom stereocenters. The van der Waals surface area contributed by atoms with Gasteiger partial charge in [0.2, 0.25) is 5.91 Å². The van der Waals surface area contributed by atoms with E-state index >= 15 is 0 Å². The number of nitrogens with zero attached hydrogens (tertiary/aromatic N) is 2. The van der Waals surface area contributed by atoms with Crippen LogP contribution in [0, 0.1) is 11.8 Å². The predicted molar refractivity (Wildman–Crippen MR) is 56.9 cm³/mol. The number of rotatable bonds is 3. The van der Waals surface area contributed by atoms with Gasteiger partial charge in [-0.15, -0.1) is 0 Å². The Hall–Kier alpha value is -1.91. The first-order valence-electron chi connectivity index (χ1n) is 5.01. The molecule has 5 heteroatoms. The molecular formula is C11H12N2O3. The van der Waals surface area contributed by atoms with Crippen molar-refractivity contribution in [1.82, 2.24) is 4.98 Å². The zero-order valence-corrected chi connectivity index (χ0v) is 8.83. The molecule has 0 bridgehead atoms. The van der Waals surface area contributed by atoms with Gasteiger partial charge in [0.25, 0.3) is 0 Å². The van der Waals surface area contributed by atoms with Crippen molar-refractivity contribution in [3.63, 3.8) is 0 Å². The lowest BCUT2D eigenvalue weighted by Crippen LogP contribution is -2.29. The van der Waals surface area contributed by atoms with Crippen LogP contribution in [0.4, 0.5) is 5.69 Å². The lowest BCUT2D eigenvalue weighted by atomic mass is 10.2. The molecule has 1 heterocycles. The number of carboxylic acids is 1. The second-order valence-electron chi connectivity index (χ2n) is 3.90. The number of hydrogen-bond donors (Lipinski definition) is 1. The van der Waals surface area contributed by atoms with Crippen LogP contribution in [0.3, 0.4) is 0 Å². The van der Waals surface area contributed by atoms with Crippen LogP contribution in [0.15, 0.2) is 24.5 Å². The van der Waals surface area contributed by atoms with Crippen molar-refractivity contribution >= 4 is 17.6 Å². The highest BCUT2D eigenvalue weighted by Crippen LogP contribution is 2.40. The molecule has 1 N–H and O–H groups in total. The van der Waals surface area contributed by atoms with Gasteiger partial charge in [0.05, 0.1) is 23.7 Å². The van der Waals surface area contributed by atoms with E-state index in [1.54, 1.807) is 31.6 Å². The van der Waals surface area contributed by atoms with Crippen LogP contribution in [0.1, 0.15) is 6.42 Å². The summed E-state index contributed by atoms with van der Waals surface area (Å²) in [6.45, 7) is 0. The van der Waals surface area contributed by atoms with E-state index in [0.29, 0.717) is 12.1 Å². The molecule has 0 spiro atoms. The number of carboxylic acid groups (broad SMARTS) is 1. The molecule has 1 fully saturated rings. The second-order valence-corrected chi connectivity index (χ2v) is 3.90. The Labute approximate surface area is 92.7 Å². The van der Waals surface area contributed by atoms with Gasteiger partial charge >= 0.3 is 5.97 Å². The molecular weight excluding hydrogens is 208 g/mol. The molecule has 84 valence electrons. The molecule has 1 saturated carbocycles. The average molecular weight is 220 g/mol. The number of pyridine rings is 1. The van der Waals surface area contributed by atoms with Gasteiger partial charge in [0.15, 0.2) is 0 Å². The Morgan fingerprint density at radius 3 is 2.75 bits per heavy atom. The highest BCUT2D eigenvalue weighted by atomic mass is 16.4. The number of carbonyl (C=O) groups is 2. The minimum absolute atomic E-state index is 0.152. The standard InChI is InChI=1S/C11H12N2O3/c1-13(7-3-2-4-12-6-7)10(14)8-5-9(8)11(15)16/h2-4,6,8-9H,5H2,1H3,(H,15,16)/t8-,9-/m1/s1. The van der Waals surface area contributed by atoms with Gasteiger partial charge in [-0.1, -0.05) is 0 Å². The summed E-state index contributed by atoms with van der Waals surface area (Å²) in [5.41, 5.74) is 0.684. The van der Waals surface area contributed by atoms with Crippen molar-refractivity contribution in [2.75, 3.05) is 11.9 Å². The van der Waals surface area contributed by atoms with Crippen LogP contribution < -0.4 is 4.90 Å². The Morgan fingerprint density at radius 2 is 2.25 bits per heavy atom. The van der Waals surface area contributed by atoms with E-state index in [9.17, 15) is 9.59 Å². The molecule has 1 aromatic rings. The number of aliphatic carboxylic acids is 1. The average Bonchev–Trinajstić information content (AvgIpc) is 3.08. The molecule has 5 nitrogen and oxygen atoms in total. The third-order valence-corrected chi connectivity index (χ3v) is 2.79. The fraction of sp³-hybridized carbons (Fsp3) is 0.364.